The molecule has 1 N–H and O–H groups in total. The monoisotopic (exact) mass is 718 g/mol. The van der Waals surface area contributed by atoms with Crippen LogP contribution >= 0.6 is 0 Å². The molecule has 1 aliphatic heterocycles. The number of para-hydroxylation sites is 2. The zero-order valence-corrected chi connectivity index (χ0v) is 30.3. The number of nitrogens with one attached hydrogen (secondary N) is 1. The predicted molar refractivity (Wildman–Crippen MR) is 231 cm³/mol. The van der Waals surface area contributed by atoms with Crippen LogP contribution in [0.1, 0.15) is 22.9 Å². The van der Waals surface area contributed by atoms with Gasteiger partial charge in [0.2, 0.25) is 0 Å². The minimum Gasteiger partial charge on any atom is -0.455 e. The van der Waals surface area contributed by atoms with Crippen LogP contribution in [-0.4, -0.2) is 16.2 Å². The number of benzene rings is 8. The van der Waals surface area contributed by atoms with Crippen molar-refractivity contribution in [2.24, 2.45) is 9.98 Å². The van der Waals surface area contributed by atoms with Gasteiger partial charge in [0.15, 0.2) is 5.84 Å². The number of amidine groups is 2. The van der Waals surface area contributed by atoms with Gasteiger partial charge in [-0.2, -0.15) is 0 Å². The molecule has 264 valence electrons. The Hall–Kier alpha value is -7.50. The minimum absolute atomic E-state index is 0.353. The van der Waals surface area contributed by atoms with Crippen molar-refractivity contribution in [3.05, 3.63) is 211 Å². The summed E-state index contributed by atoms with van der Waals surface area (Å²) in [5.74, 6) is 1.49. The first-order valence-electron chi connectivity index (χ1n) is 18.9. The number of fused-ring (bicyclic) bond motifs is 7. The Morgan fingerprint density at radius 3 is 1.89 bits per heavy atom. The van der Waals surface area contributed by atoms with E-state index in [1.54, 1.807) is 0 Å². The number of hydrogen-bond acceptors (Lipinski definition) is 4. The summed E-state index contributed by atoms with van der Waals surface area (Å²) in [4.78, 5) is 10.2. The van der Waals surface area contributed by atoms with Crippen LogP contribution in [0.15, 0.2) is 209 Å². The third-order valence-electron chi connectivity index (χ3n) is 10.8. The summed E-state index contributed by atoms with van der Waals surface area (Å²) < 4.78 is 9.27. The number of rotatable bonds is 6. The fraction of sp³-hybridized carbons (Fsp3) is 0.0196. The molecule has 11 rings (SSSR count). The molecule has 0 saturated carbocycles. The number of hydrogen-bond donors (Lipinski definition) is 1. The lowest BCUT2D eigenvalue weighted by molar-refractivity contribution is 0.669. The van der Waals surface area contributed by atoms with Crippen LogP contribution in [0, 0.1) is 0 Å². The van der Waals surface area contributed by atoms with E-state index in [4.69, 9.17) is 14.4 Å². The lowest BCUT2D eigenvalue weighted by Crippen LogP contribution is -2.33. The van der Waals surface area contributed by atoms with E-state index in [-0.39, 0.29) is 6.17 Å². The second kappa shape index (κ2) is 13.1. The molecule has 0 fully saturated rings. The maximum Gasteiger partial charge on any atom is 0.159 e. The van der Waals surface area contributed by atoms with Crippen LogP contribution in [0.3, 0.4) is 0 Å². The molecule has 0 radical (unpaired) electrons. The van der Waals surface area contributed by atoms with Gasteiger partial charge in [-0.05, 0) is 58.7 Å². The smallest absolute Gasteiger partial charge is 0.159 e. The van der Waals surface area contributed by atoms with E-state index < -0.39 is 0 Å². The average molecular weight is 719 g/mol. The van der Waals surface area contributed by atoms with Crippen LogP contribution in [0.4, 0.5) is 0 Å². The van der Waals surface area contributed by atoms with Gasteiger partial charge >= 0.3 is 0 Å². The van der Waals surface area contributed by atoms with Crippen molar-refractivity contribution in [2.45, 2.75) is 6.17 Å². The molecule has 0 amide bonds. The minimum atomic E-state index is -0.353. The first-order valence-corrected chi connectivity index (χ1v) is 18.9. The van der Waals surface area contributed by atoms with Crippen LogP contribution in [0.2, 0.25) is 0 Å². The zero-order chi connectivity index (χ0) is 37.0. The van der Waals surface area contributed by atoms with Gasteiger partial charge in [-0.1, -0.05) is 158 Å². The molecule has 56 heavy (non-hydrogen) atoms. The second-order valence-electron chi connectivity index (χ2n) is 14.2. The van der Waals surface area contributed by atoms with Gasteiger partial charge in [-0.25, -0.2) is 9.98 Å². The molecule has 1 unspecified atom stereocenters. The molecule has 0 bridgehead atoms. The fourth-order valence-corrected chi connectivity index (χ4v) is 8.21. The van der Waals surface area contributed by atoms with Crippen molar-refractivity contribution in [2.75, 3.05) is 0 Å². The quantitative estimate of drug-likeness (QED) is 0.186. The summed E-state index contributed by atoms with van der Waals surface area (Å²) in [6, 6.07) is 68.0. The maximum absolute atomic E-state index is 6.87. The average Bonchev–Trinajstić information content (AvgIpc) is 3.83. The summed E-state index contributed by atoms with van der Waals surface area (Å²) in [7, 11) is 0. The molecule has 3 heterocycles. The molecule has 5 heteroatoms. The van der Waals surface area contributed by atoms with E-state index in [2.05, 4.69) is 162 Å². The molecule has 5 nitrogen and oxygen atoms in total. The van der Waals surface area contributed by atoms with E-state index in [9.17, 15) is 0 Å². The normalized spacial score (nSPS) is 14.2. The maximum atomic E-state index is 6.87. The highest BCUT2D eigenvalue weighted by Crippen LogP contribution is 2.45. The van der Waals surface area contributed by atoms with Gasteiger partial charge in [0.25, 0.3) is 0 Å². The number of aliphatic imine (C=N–C) groups is 2. The molecule has 8 aromatic carbocycles. The van der Waals surface area contributed by atoms with Crippen molar-refractivity contribution in [3.8, 4) is 27.9 Å². The Labute approximate surface area is 323 Å². The van der Waals surface area contributed by atoms with Crippen molar-refractivity contribution < 1.29 is 4.42 Å². The Kier molecular flexibility index (Phi) is 7.49. The second-order valence-corrected chi connectivity index (χ2v) is 14.2. The molecule has 0 spiro atoms. The van der Waals surface area contributed by atoms with Gasteiger partial charge in [0.1, 0.15) is 23.2 Å². The first kappa shape index (κ1) is 32.0. The summed E-state index contributed by atoms with van der Waals surface area (Å²) >= 11 is 0. The Morgan fingerprint density at radius 2 is 1.12 bits per heavy atom. The number of aromatic nitrogens is 1. The number of nitrogens with zero attached hydrogens (tertiary/aromatic N) is 3. The largest absolute Gasteiger partial charge is 0.455 e. The van der Waals surface area contributed by atoms with Gasteiger partial charge in [-0.15, -0.1) is 0 Å². The van der Waals surface area contributed by atoms with Gasteiger partial charge in [0, 0.05) is 38.5 Å². The van der Waals surface area contributed by atoms with Crippen molar-refractivity contribution in [1.82, 2.24) is 9.88 Å². The molecule has 2 aromatic heterocycles. The highest BCUT2D eigenvalue weighted by molar-refractivity contribution is 6.27. The van der Waals surface area contributed by atoms with Crippen LogP contribution in [-0.2, 0) is 0 Å². The lowest BCUT2D eigenvalue weighted by atomic mass is 9.96. The Morgan fingerprint density at radius 1 is 0.500 bits per heavy atom. The Balaban J connectivity index is 1.11. The van der Waals surface area contributed by atoms with E-state index in [0.29, 0.717) is 5.84 Å². The first-order chi connectivity index (χ1) is 27.8. The SMILES string of the molecule is c1ccc(C2=NC(c3cccc(-c4cc5c6ccccc6n(-c6ccc(-c7ccccc7)cc6)c5c5c4oc4ccccc45)c3)NC(c3ccccc3)=N2)cc1. The highest BCUT2D eigenvalue weighted by Gasteiger charge is 2.25. The summed E-state index contributed by atoms with van der Waals surface area (Å²) in [6.07, 6.45) is -0.353. The van der Waals surface area contributed by atoms with E-state index >= 15 is 0 Å². The van der Waals surface area contributed by atoms with Crippen LogP contribution in [0.5, 0.6) is 0 Å². The lowest BCUT2D eigenvalue weighted by Gasteiger charge is -2.24. The van der Waals surface area contributed by atoms with Crippen molar-refractivity contribution in [3.63, 3.8) is 0 Å². The fourth-order valence-electron chi connectivity index (χ4n) is 8.21. The van der Waals surface area contributed by atoms with E-state index in [1.165, 1.54) is 21.9 Å². The van der Waals surface area contributed by atoms with Gasteiger partial charge in [0.05, 0.1) is 16.4 Å². The topological polar surface area (TPSA) is 54.8 Å². The highest BCUT2D eigenvalue weighted by atomic mass is 16.3. The molecule has 1 aliphatic rings. The van der Waals surface area contributed by atoms with E-state index in [0.717, 1.165) is 72.3 Å². The molecular weight excluding hydrogens is 685 g/mol. The van der Waals surface area contributed by atoms with Crippen molar-refractivity contribution in [1.29, 1.82) is 0 Å². The van der Waals surface area contributed by atoms with E-state index in [1.807, 2.05) is 42.5 Å². The molecule has 10 aromatic rings. The molecule has 0 saturated heterocycles. The van der Waals surface area contributed by atoms with Gasteiger partial charge in [-0.3, -0.25) is 0 Å². The van der Waals surface area contributed by atoms with Crippen LogP contribution < -0.4 is 5.32 Å². The number of furan rings is 1. The molecule has 0 aliphatic carbocycles. The third kappa shape index (κ3) is 5.32. The molecular formula is C51H34N4O. The van der Waals surface area contributed by atoms with Gasteiger partial charge < -0.3 is 14.3 Å². The summed E-state index contributed by atoms with van der Waals surface area (Å²) in [6.45, 7) is 0. The third-order valence-corrected chi connectivity index (χ3v) is 10.8. The summed E-state index contributed by atoms with van der Waals surface area (Å²) in [5.41, 5.74) is 12.6. The summed E-state index contributed by atoms with van der Waals surface area (Å²) in [5, 5.41) is 8.20. The standard InChI is InChI=1S/C51H34N4O/c1-4-15-33(16-5-1)34-27-29-39(30-28-34)55-44-25-12-10-23-40(44)43-32-42(48-46(47(43)55)41-24-11-13-26-45(41)56-48)37-21-14-22-38(31-37)51-53-49(35-17-6-2-7-18-35)52-50(54-51)36-19-8-3-9-20-36/h1-32,51H,(H,52,53,54). The molecule has 1 atom stereocenters. The van der Waals surface area contributed by atoms with Crippen LogP contribution in [0.25, 0.3) is 71.7 Å². The zero-order valence-electron chi connectivity index (χ0n) is 30.3. The van der Waals surface area contributed by atoms with Crippen molar-refractivity contribution >= 4 is 55.4 Å². The Bertz CT molecular complexity index is 3140. The predicted octanol–water partition coefficient (Wildman–Crippen LogP) is 12.5.